The fourth-order valence-electron chi connectivity index (χ4n) is 1.90. The highest BCUT2D eigenvalue weighted by Crippen LogP contribution is 2.18. The highest BCUT2D eigenvalue weighted by Gasteiger charge is 2.07. The Morgan fingerprint density at radius 1 is 1.00 bits per heavy atom. The molecule has 0 heterocycles. The summed E-state index contributed by atoms with van der Waals surface area (Å²) in [4.78, 5) is 2.58. The lowest BCUT2D eigenvalue weighted by molar-refractivity contribution is 0.256. The number of nitrogens with zero attached hydrogens (tertiary/aromatic N) is 1. The van der Waals surface area contributed by atoms with Crippen LogP contribution in [0.25, 0.3) is 0 Å². The van der Waals surface area contributed by atoms with Crippen LogP contribution >= 0.6 is 15.9 Å². The minimum absolute atomic E-state index is 1.07. The molecule has 0 unspecified atom stereocenters. The van der Waals surface area contributed by atoms with Gasteiger partial charge in [-0.25, -0.2) is 0 Å². The molecular formula is C15H24BrN. The summed E-state index contributed by atoms with van der Waals surface area (Å²) in [5.41, 5.74) is 1.40. The summed E-state index contributed by atoms with van der Waals surface area (Å²) in [6, 6.07) is 8.55. The van der Waals surface area contributed by atoms with Gasteiger partial charge in [0.15, 0.2) is 0 Å². The van der Waals surface area contributed by atoms with Crippen LogP contribution in [0.1, 0.15) is 45.1 Å². The van der Waals surface area contributed by atoms with E-state index in [1.165, 1.54) is 48.8 Å². The van der Waals surface area contributed by atoms with Crippen molar-refractivity contribution in [3.63, 3.8) is 0 Å². The second-order valence-corrected chi connectivity index (χ2v) is 5.43. The highest BCUT2D eigenvalue weighted by molar-refractivity contribution is 9.10. The van der Waals surface area contributed by atoms with Crippen LogP contribution in [0.3, 0.4) is 0 Å². The first-order chi connectivity index (χ1) is 8.27. The van der Waals surface area contributed by atoms with Gasteiger partial charge in [0, 0.05) is 11.0 Å². The maximum absolute atomic E-state index is 3.63. The average Bonchev–Trinajstić information content (AvgIpc) is 2.35. The molecule has 1 aromatic rings. The van der Waals surface area contributed by atoms with Crippen LogP contribution in [-0.2, 0) is 6.54 Å². The van der Waals surface area contributed by atoms with Gasteiger partial charge in [-0.3, -0.25) is 4.90 Å². The molecule has 96 valence electrons. The van der Waals surface area contributed by atoms with Gasteiger partial charge in [-0.2, -0.15) is 0 Å². The molecule has 0 aliphatic rings. The Balaban J connectivity index is 2.55. The van der Waals surface area contributed by atoms with Crippen molar-refractivity contribution < 1.29 is 0 Å². The van der Waals surface area contributed by atoms with Gasteiger partial charge in [-0.1, -0.05) is 60.8 Å². The minimum Gasteiger partial charge on any atom is -0.299 e. The van der Waals surface area contributed by atoms with Crippen LogP contribution in [0, 0.1) is 0 Å². The summed E-state index contributed by atoms with van der Waals surface area (Å²) in [5.74, 6) is 0. The summed E-state index contributed by atoms with van der Waals surface area (Å²) in [5, 5.41) is 0. The quantitative estimate of drug-likeness (QED) is 0.663. The summed E-state index contributed by atoms with van der Waals surface area (Å²) < 4.78 is 1.23. The third-order valence-corrected chi connectivity index (χ3v) is 3.78. The van der Waals surface area contributed by atoms with Gasteiger partial charge in [-0.15, -0.1) is 0 Å². The first-order valence-corrected chi connectivity index (χ1v) is 7.53. The van der Waals surface area contributed by atoms with Crippen molar-refractivity contribution in [3.8, 4) is 0 Å². The largest absolute Gasteiger partial charge is 0.299 e. The average molecular weight is 298 g/mol. The van der Waals surface area contributed by atoms with Crippen LogP contribution < -0.4 is 0 Å². The second kappa shape index (κ2) is 8.71. The van der Waals surface area contributed by atoms with Gasteiger partial charge in [0.2, 0.25) is 0 Å². The van der Waals surface area contributed by atoms with E-state index in [1.807, 2.05) is 0 Å². The highest BCUT2D eigenvalue weighted by atomic mass is 79.9. The SMILES string of the molecule is CCCCN(CCCC)Cc1ccccc1Br. The van der Waals surface area contributed by atoms with Crippen molar-refractivity contribution in [2.45, 2.75) is 46.1 Å². The smallest absolute Gasteiger partial charge is 0.0244 e. The number of hydrogen-bond acceptors (Lipinski definition) is 1. The van der Waals surface area contributed by atoms with Gasteiger partial charge < -0.3 is 0 Å². The molecule has 0 aliphatic heterocycles. The summed E-state index contributed by atoms with van der Waals surface area (Å²) in [6.45, 7) is 8.03. The third-order valence-electron chi connectivity index (χ3n) is 3.01. The zero-order valence-electron chi connectivity index (χ0n) is 11.1. The monoisotopic (exact) mass is 297 g/mol. The Morgan fingerprint density at radius 2 is 1.59 bits per heavy atom. The standard InChI is InChI=1S/C15H24BrN/c1-3-5-11-17(12-6-4-2)13-14-9-7-8-10-15(14)16/h7-10H,3-6,11-13H2,1-2H3. The number of benzene rings is 1. The Hall–Kier alpha value is -0.340. The Bertz CT molecular complexity index is 304. The molecule has 0 aromatic heterocycles. The molecule has 2 heteroatoms. The molecule has 0 radical (unpaired) electrons. The van der Waals surface area contributed by atoms with Gasteiger partial charge in [0.1, 0.15) is 0 Å². The molecule has 0 N–H and O–H groups in total. The van der Waals surface area contributed by atoms with Gasteiger partial charge in [0.05, 0.1) is 0 Å². The zero-order chi connectivity index (χ0) is 12.5. The number of halogens is 1. The van der Waals surface area contributed by atoms with E-state index < -0.39 is 0 Å². The van der Waals surface area contributed by atoms with E-state index in [1.54, 1.807) is 0 Å². The van der Waals surface area contributed by atoms with Crippen LogP contribution in [0.4, 0.5) is 0 Å². The Kier molecular flexibility index (Phi) is 7.54. The maximum atomic E-state index is 3.63. The van der Waals surface area contributed by atoms with Crippen LogP contribution in [-0.4, -0.2) is 18.0 Å². The van der Waals surface area contributed by atoms with Crippen LogP contribution in [0.2, 0.25) is 0 Å². The van der Waals surface area contributed by atoms with E-state index in [2.05, 4.69) is 58.9 Å². The molecule has 0 spiro atoms. The van der Waals surface area contributed by atoms with Crippen molar-refractivity contribution in [1.82, 2.24) is 4.90 Å². The predicted octanol–water partition coefficient (Wildman–Crippen LogP) is 4.85. The zero-order valence-corrected chi connectivity index (χ0v) is 12.7. The molecule has 0 saturated heterocycles. The predicted molar refractivity (Wildman–Crippen MR) is 79.2 cm³/mol. The first-order valence-electron chi connectivity index (χ1n) is 6.73. The first kappa shape index (κ1) is 14.7. The lowest BCUT2D eigenvalue weighted by Gasteiger charge is -2.22. The lowest BCUT2D eigenvalue weighted by Crippen LogP contribution is -2.25. The number of hydrogen-bond donors (Lipinski definition) is 0. The molecule has 0 fully saturated rings. The summed E-state index contributed by atoms with van der Waals surface area (Å²) in [6.07, 6.45) is 5.15. The van der Waals surface area contributed by atoms with Crippen molar-refractivity contribution in [3.05, 3.63) is 34.3 Å². The third kappa shape index (κ3) is 5.69. The molecular weight excluding hydrogens is 274 g/mol. The van der Waals surface area contributed by atoms with Crippen LogP contribution in [0.15, 0.2) is 28.7 Å². The molecule has 0 atom stereocenters. The normalized spacial score (nSPS) is 11.1. The van der Waals surface area contributed by atoms with Gasteiger partial charge >= 0.3 is 0 Å². The Labute approximate surface area is 114 Å². The minimum atomic E-state index is 1.07. The molecule has 1 aromatic carbocycles. The fourth-order valence-corrected chi connectivity index (χ4v) is 2.31. The molecule has 0 amide bonds. The summed E-state index contributed by atoms with van der Waals surface area (Å²) >= 11 is 3.63. The van der Waals surface area contributed by atoms with Crippen molar-refractivity contribution in [1.29, 1.82) is 0 Å². The second-order valence-electron chi connectivity index (χ2n) is 4.57. The van der Waals surface area contributed by atoms with Crippen LogP contribution in [0.5, 0.6) is 0 Å². The summed E-state index contributed by atoms with van der Waals surface area (Å²) in [7, 11) is 0. The van der Waals surface area contributed by atoms with Gasteiger partial charge in [0.25, 0.3) is 0 Å². The van der Waals surface area contributed by atoms with Gasteiger partial charge in [-0.05, 0) is 37.6 Å². The van der Waals surface area contributed by atoms with E-state index in [0.29, 0.717) is 0 Å². The molecule has 0 aliphatic carbocycles. The maximum Gasteiger partial charge on any atom is 0.0244 e. The van der Waals surface area contributed by atoms with E-state index >= 15 is 0 Å². The fraction of sp³-hybridized carbons (Fsp3) is 0.600. The van der Waals surface area contributed by atoms with E-state index in [-0.39, 0.29) is 0 Å². The molecule has 0 saturated carbocycles. The van der Waals surface area contributed by atoms with E-state index in [9.17, 15) is 0 Å². The lowest BCUT2D eigenvalue weighted by atomic mass is 10.2. The van der Waals surface area contributed by atoms with Crippen molar-refractivity contribution in [2.24, 2.45) is 0 Å². The van der Waals surface area contributed by atoms with Crippen molar-refractivity contribution >= 4 is 15.9 Å². The van der Waals surface area contributed by atoms with E-state index in [0.717, 1.165) is 6.54 Å². The van der Waals surface area contributed by atoms with Crippen molar-refractivity contribution in [2.75, 3.05) is 13.1 Å². The molecule has 1 rings (SSSR count). The topological polar surface area (TPSA) is 3.24 Å². The Morgan fingerprint density at radius 3 is 2.12 bits per heavy atom. The molecule has 17 heavy (non-hydrogen) atoms. The van der Waals surface area contributed by atoms with E-state index in [4.69, 9.17) is 0 Å². The molecule has 1 nitrogen and oxygen atoms in total. The molecule has 0 bridgehead atoms. The number of rotatable bonds is 8. The number of unbranched alkanes of at least 4 members (excludes halogenated alkanes) is 2.